The van der Waals surface area contributed by atoms with Crippen LogP contribution < -0.4 is 10.2 Å². The van der Waals surface area contributed by atoms with E-state index in [0.717, 1.165) is 22.3 Å². The molecule has 0 radical (unpaired) electrons. The fraction of sp³-hybridized carbons (Fsp3) is 0.263. The van der Waals surface area contributed by atoms with Gasteiger partial charge in [0.15, 0.2) is 0 Å². The first-order valence-electron chi connectivity index (χ1n) is 7.93. The largest absolute Gasteiger partial charge is 0.376 e. The van der Waals surface area contributed by atoms with Gasteiger partial charge < -0.3 is 10.2 Å². The molecule has 1 amide bonds. The number of benzene rings is 1. The van der Waals surface area contributed by atoms with Gasteiger partial charge in [0.05, 0.1) is 11.3 Å². The molecule has 4 nitrogen and oxygen atoms in total. The number of fused-ring (bicyclic) bond motifs is 1. The van der Waals surface area contributed by atoms with Crippen LogP contribution in [0.3, 0.4) is 0 Å². The quantitative estimate of drug-likeness (QED) is 0.772. The molecule has 2 aromatic heterocycles. The summed E-state index contributed by atoms with van der Waals surface area (Å²) in [7, 11) is 3.99. The number of aryl methyl sites for hydroxylation is 1. The van der Waals surface area contributed by atoms with Crippen molar-refractivity contribution in [1.29, 1.82) is 0 Å². The van der Waals surface area contributed by atoms with Crippen molar-refractivity contribution in [3.8, 4) is 0 Å². The third kappa shape index (κ3) is 3.57. The van der Waals surface area contributed by atoms with Crippen molar-refractivity contribution in [3.63, 3.8) is 0 Å². The number of aromatic nitrogens is 1. The summed E-state index contributed by atoms with van der Waals surface area (Å²) in [4.78, 5) is 19.8. The van der Waals surface area contributed by atoms with Crippen LogP contribution in [0, 0.1) is 6.92 Å². The average molecular weight is 339 g/mol. The fourth-order valence-corrected chi connectivity index (χ4v) is 3.52. The average Bonchev–Trinajstić information content (AvgIpc) is 3.00. The zero-order valence-electron chi connectivity index (χ0n) is 14.2. The van der Waals surface area contributed by atoms with Gasteiger partial charge in [-0.15, -0.1) is 11.3 Å². The van der Waals surface area contributed by atoms with E-state index in [2.05, 4.69) is 46.9 Å². The first-order valence-corrected chi connectivity index (χ1v) is 8.81. The summed E-state index contributed by atoms with van der Waals surface area (Å²) in [5.41, 5.74) is 4.17. The molecule has 124 valence electrons. The normalized spacial score (nSPS) is 10.8. The number of thiophene rings is 1. The molecule has 3 rings (SSSR count). The van der Waals surface area contributed by atoms with Gasteiger partial charge in [0.1, 0.15) is 4.83 Å². The first kappa shape index (κ1) is 16.5. The number of pyridine rings is 1. The summed E-state index contributed by atoms with van der Waals surface area (Å²) in [6.45, 7) is 2.69. The smallest absolute Gasteiger partial charge is 0.252 e. The van der Waals surface area contributed by atoms with Crippen LogP contribution in [0.15, 0.2) is 41.9 Å². The van der Waals surface area contributed by atoms with Crippen molar-refractivity contribution in [1.82, 2.24) is 10.3 Å². The molecule has 0 atom stereocenters. The van der Waals surface area contributed by atoms with Crippen molar-refractivity contribution >= 4 is 33.1 Å². The zero-order valence-corrected chi connectivity index (χ0v) is 15.0. The van der Waals surface area contributed by atoms with Crippen LogP contribution >= 0.6 is 11.3 Å². The summed E-state index contributed by atoms with van der Waals surface area (Å²) < 4.78 is 0. The summed E-state index contributed by atoms with van der Waals surface area (Å²) in [6.07, 6.45) is 2.47. The number of anilines is 1. The molecule has 0 fully saturated rings. The summed E-state index contributed by atoms with van der Waals surface area (Å²) in [5.74, 6) is -0.0765. The highest BCUT2D eigenvalue weighted by Crippen LogP contribution is 2.30. The van der Waals surface area contributed by atoms with E-state index in [1.807, 2.05) is 25.1 Å². The maximum Gasteiger partial charge on any atom is 0.252 e. The van der Waals surface area contributed by atoms with Gasteiger partial charge in [-0.25, -0.2) is 4.98 Å². The molecule has 24 heavy (non-hydrogen) atoms. The Morgan fingerprint density at radius 2 is 2.00 bits per heavy atom. The predicted molar refractivity (Wildman–Crippen MR) is 101 cm³/mol. The third-order valence-corrected chi connectivity index (χ3v) is 4.86. The van der Waals surface area contributed by atoms with Gasteiger partial charge in [0.25, 0.3) is 5.91 Å². The Kier molecular flexibility index (Phi) is 4.81. The van der Waals surface area contributed by atoms with E-state index >= 15 is 0 Å². The van der Waals surface area contributed by atoms with E-state index in [-0.39, 0.29) is 5.91 Å². The number of hydrogen-bond donors (Lipinski definition) is 1. The van der Waals surface area contributed by atoms with Gasteiger partial charge in [-0.3, -0.25) is 4.79 Å². The molecule has 5 heteroatoms. The Bertz CT molecular complexity index is 853. The minimum atomic E-state index is -0.0765. The van der Waals surface area contributed by atoms with Gasteiger partial charge in [0.2, 0.25) is 0 Å². The molecule has 2 heterocycles. The third-order valence-electron chi connectivity index (χ3n) is 3.97. The van der Waals surface area contributed by atoms with Crippen LogP contribution in [0.5, 0.6) is 0 Å². The Labute approximate surface area is 146 Å². The van der Waals surface area contributed by atoms with Crippen molar-refractivity contribution in [2.24, 2.45) is 0 Å². The molecule has 3 aromatic rings. The van der Waals surface area contributed by atoms with E-state index in [1.165, 1.54) is 11.1 Å². The molecule has 0 unspecified atom stereocenters. The van der Waals surface area contributed by atoms with Crippen molar-refractivity contribution in [3.05, 3.63) is 58.6 Å². The second-order valence-corrected chi connectivity index (χ2v) is 6.94. The number of hydrogen-bond acceptors (Lipinski definition) is 4. The second-order valence-electron chi connectivity index (χ2n) is 6.08. The van der Waals surface area contributed by atoms with E-state index < -0.39 is 0 Å². The van der Waals surface area contributed by atoms with Crippen LogP contribution in [0.4, 0.5) is 5.69 Å². The number of nitrogens with one attached hydrogen (secondary N) is 1. The maximum absolute atomic E-state index is 12.4. The maximum atomic E-state index is 12.4. The highest BCUT2D eigenvalue weighted by molar-refractivity contribution is 7.17. The molecular formula is C19H21N3OS. The monoisotopic (exact) mass is 339 g/mol. The van der Waals surface area contributed by atoms with Crippen molar-refractivity contribution < 1.29 is 4.79 Å². The Hall–Kier alpha value is -2.40. The van der Waals surface area contributed by atoms with Crippen molar-refractivity contribution in [2.75, 3.05) is 25.5 Å². The van der Waals surface area contributed by atoms with Gasteiger partial charge in [-0.1, -0.05) is 29.8 Å². The SMILES string of the molecule is Cc1ccc(CCNC(=O)c2cnc3scc(N(C)C)c3c2)cc1. The van der Waals surface area contributed by atoms with E-state index in [0.29, 0.717) is 12.1 Å². The zero-order chi connectivity index (χ0) is 17.1. The predicted octanol–water partition coefficient (Wildman–Crippen LogP) is 3.64. The van der Waals surface area contributed by atoms with Gasteiger partial charge in [-0.05, 0) is 25.0 Å². The topological polar surface area (TPSA) is 45.2 Å². The van der Waals surface area contributed by atoms with Crippen molar-refractivity contribution in [2.45, 2.75) is 13.3 Å². The number of amides is 1. The lowest BCUT2D eigenvalue weighted by Gasteiger charge is -2.11. The minimum Gasteiger partial charge on any atom is -0.376 e. The van der Waals surface area contributed by atoms with Crippen LogP contribution in [0.2, 0.25) is 0 Å². The second kappa shape index (κ2) is 7.01. The lowest BCUT2D eigenvalue weighted by Crippen LogP contribution is -2.25. The number of carbonyl (C=O) groups excluding carboxylic acids is 1. The number of rotatable bonds is 5. The Morgan fingerprint density at radius 3 is 2.71 bits per heavy atom. The molecule has 0 aliphatic rings. The molecule has 1 aromatic carbocycles. The lowest BCUT2D eigenvalue weighted by atomic mass is 10.1. The molecule has 0 saturated carbocycles. The molecule has 0 spiro atoms. The standard InChI is InChI=1S/C19H21N3OS/c1-13-4-6-14(7-5-13)8-9-20-18(23)15-10-16-17(22(2)3)12-24-19(16)21-11-15/h4-7,10-12H,8-9H2,1-3H3,(H,20,23). The van der Waals surface area contributed by atoms with Crippen LogP contribution in [-0.2, 0) is 6.42 Å². The van der Waals surface area contributed by atoms with Gasteiger partial charge >= 0.3 is 0 Å². The molecule has 0 saturated heterocycles. The molecule has 1 N–H and O–H groups in total. The highest BCUT2D eigenvalue weighted by Gasteiger charge is 2.11. The summed E-state index contributed by atoms with van der Waals surface area (Å²) in [6, 6.07) is 10.3. The van der Waals surface area contributed by atoms with Gasteiger partial charge in [0, 0.05) is 37.6 Å². The molecule has 0 aliphatic carbocycles. The first-order chi connectivity index (χ1) is 11.5. The fourth-order valence-electron chi connectivity index (χ4n) is 2.55. The highest BCUT2D eigenvalue weighted by atomic mass is 32.1. The summed E-state index contributed by atoms with van der Waals surface area (Å²) in [5, 5.41) is 6.07. The van der Waals surface area contributed by atoms with E-state index in [1.54, 1.807) is 17.5 Å². The van der Waals surface area contributed by atoms with Crippen LogP contribution in [0.25, 0.3) is 10.2 Å². The van der Waals surface area contributed by atoms with Crippen LogP contribution in [0.1, 0.15) is 21.5 Å². The minimum absolute atomic E-state index is 0.0765. The Morgan fingerprint density at radius 1 is 1.25 bits per heavy atom. The van der Waals surface area contributed by atoms with Gasteiger partial charge in [-0.2, -0.15) is 0 Å². The van der Waals surface area contributed by atoms with E-state index in [9.17, 15) is 4.79 Å². The lowest BCUT2D eigenvalue weighted by molar-refractivity contribution is 0.0954. The molecule has 0 bridgehead atoms. The number of nitrogens with zero attached hydrogens (tertiary/aromatic N) is 2. The summed E-state index contributed by atoms with van der Waals surface area (Å²) >= 11 is 1.59. The Balaban J connectivity index is 1.67. The number of carbonyl (C=O) groups is 1. The molecular weight excluding hydrogens is 318 g/mol. The van der Waals surface area contributed by atoms with Crippen LogP contribution in [-0.4, -0.2) is 31.5 Å². The molecule has 0 aliphatic heterocycles. The van der Waals surface area contributed by atoms with E-state index in [4.69, 9.17) is 0 Å².